The van der Waals surface area contributed by atoms with Crippen LogP contribution in [0.15, 0.2) is 66.7 Å². The summed E-state index contributed by atoms with van der Waals surface area (Å²) in [6.45, 7) is 14.3. The molecule has 0 spiro atoms. The molecule has 0 aromatic heterocycles. The maximum atomic E-state index is 5.99. The van der Waals surface area contributed by atoms with E-state index in [1.807, 2.05) is 30.3 Å². The highest BCUT2D eigenvalue weighted by atomic mass is 16.5. The second-order valence-electron chi connectivity index (χ2n) is 8.93. The molecule has 0 atom stereocenters. The molecule has 0 saturated carbocycles. The monoisotopic (exact) mass is 389 g/mol. The number of hydrogen-bond acceptors (Lipinski definition) is 2. The minimum atomic E-state index is 0.0438. The third kappa shape index (κ3) is 10.0. The summed E-state index contributed by atoms with van der Waals surface area (Å²) in [7, 11) is 0. The smallest absolute Gasteiger partial charge is 0.120 e. The minimum Gasteiger partial charge on any atom is -0.489 e. The molecule has 0 aliphatic heterocycles. The van der Waals surface area contributed by atoms with Crippen LogP contribution in [0.1, 0.15) is 45.7 Å². The third-order valence-electron chi connectivity index (χ3n) is 4.19. The van der Waals surface area contributed by atoms with E-state index >= 15 is 0 Å². The summed E-state index contributed by atoms with van der Waals surface area (Å²) in [6.07, 6.45) is 4.15. The number of ether oxygens (including phenoxy) is 1. The average molecular weight is 390 g/mol. The van der Waals surface area contributed by atoms with E-state index < -0.39 is 0 Å². The van der Waals surface area contributed by atoms with Gasteiger partial charge in [0.15, 0.2) is 0 Å². The Morgan fingerprint density at radius 1 is 1.00 bits per heavy atom. The van der Waals surface area contributed by atoms with Crippen LogP contribution in [0.5, 0.6) is 5.75 Å². The van der Waals surface area contributed by atoms with Gasteiger partial charge in [0.05, 0.1) is 0 Å². The summed E-state index contributed by atoms with van der Waals surface area (Å²) in [5.41, 5.74) is 2.49. The molecule has 0 N–H and O–H groups in total. The van der Waals surface area contributed by atoms with Crippen molar-refractivity contribution in [2.45, 2.75) is 47.8 Å². The van der Waals surface area contributed by atoms with Gasteiger partial charge in [-0.3, -0.25) is 4.90 Å². The van der Waals surface area contributed by atoms with E-state index in [4.69, 9.17) is 4.74 Å². The Morgan fingerprint density at radius 2 is 1.72 bits per heavy atom. The van der Waals surface area contributed by atoms with Crippen LogP contribution in [0.25, 0.3) is 0 Å². The highest BCUT2D eigenvalue weighted by molar-refractivity contribution is 5.29. The molecule has 2 nitrogen and oxygen atoms in total. The summed E-state index contributed by atoms with van der Waals surface area (Å²) in [5.74, 6) is 7.94. The first-order chi connectivity index (χ1) is 13.8. The Bertz CT molecular complexity index is 819. The second-order valence-corrected chi connectivity index (χ2v) is 8.93. The van der Waals surface area contributed by atoms with Crippen molar-refractivity contribution in [2.24, 2.45) is 11.3 Å². The zero-order valence-electron chi connectivity index (χ0n) is 18.6. The lowest BCUT2D eigenvalue weighted by atomic mass is 9.98. The van der Waals surface area contributed by atoms with Crippen molar-refractivity contribution in [1.82, 2.24) is 4.90 Å². The van der Waals surface area contributed by atoms with Crippen molar-refractivity contribution >= 4 is 0 Å². The van der Waals surface area contributed by atoms with Crippen molar-refractivity contribution in [3.63, 3.8) is 0 Å². The molecule has 0 heterocycles. The quantitative estimate of drug-likeness (QED) is 0.465. The van der Waals surface area contributed by atoms with Gasteiger partial charge >= 0.3 is 0 Å². The van der Waals surface area contributed by atoms with Gasteiger partial charge < -0.3 is 4.74 Å². The van der Waals surface area contributed by atoms with Crippen molar-refractivity contribution in [1.29, 1.82) is 0 Å². The molecule has 0 aliphatic rings. The summed E-state index contributed by atoms with van der Waals surface area (Å²) < 4.78 is 5.99. The number of hydrogen-bond donors (Lipinski definition) is 0. The van der Waals surface area contributed by atoms with E-state index in [1.54, 1.807) is 0 Å². The van der Waals surface area contributed by atoms with E-state index in [9.17, 15) is 0 Å². The van der Waals surface area contributed by atoms with Crippen LogP contribution in [0.4, 0.5) is 0 Å². The fourth-order valence-electron chi connectivity index (χ4n) is 2.97. The van der Waals surface area contributed by atoms with Gasteiger partial charge in [0.25, 0.3) is 0 Å². The van der Waals surface area contributed by atoms with Crippen LogP contribution in [-0.4, -0.2) is 18.0 Å². The van der Waals surface area contributed by atoms with Crippen LogP contribution >= 0.6 is 0 Å². The molecule has 0 fully saturated rings. The predicted octanol–water partition coefficient (Wildman–Crippen LogP) is 6.33. The van der Waals surface area contributed by atoms with Gasteiger partial charge in [0.1, 0.15) is 12.4 Å². The van der Waals surface area contributed by atoms with Crippen molar-refractivity contribution < 1.29 is 4.74 Å². The zero-order valence-corrected chi connectivity index (χ0v) is 18.6. The van der Waals surface area contributed by atoms with Crippen LogP contribution in [0, 0.1) is 23.2 Å². The molecule has 154 valence electrons. The first-order valence-electron chi connectivity index (χ1n) is 10.5. The maximum Gasteiger partial charge on any atom is 0.120 e. The molecule has 0 saturated heterocycles. The fourth-order valence-corrected chi connectivity index (χ4v) is 2.97. The molecule has 0 aliphatic carbocycles. The maximum absolute atomic E-state index is 5.99. The van der Waals surface area contributed by atoms with Gasteiger partial charge in [-0.2, -0.15) is 0 Å². The zero-order chi connectivity index (χ0) is 21.1. The van der Waals surface area contributed by atoms with Crippen LogP contribution in [-0.2, 0) is 13.2 Å². The number of benzene rings is 2. The first-order valence-corrected chi connectivity index (χ1v) is 10.5. The van der Waals surface area contributed by atoms with Gasteiger partial charge in [-0.15, -0.1) is 0 Å². The van der Waals surface area contributed by atoms with E-state index in [2.05, 4.69) is 87.8 Å². The van der Waals surface area contributed by atoms with Crippen molar-refractivity contribution in [2.75, 3.05) is 13.1 Å². The minimum absolute atomic E-state index is 0.0438. The van der Waals surface area contributed by atoms with E-state index in [1.165, 1.54) is 11.1 Å². The molecule has 0 unspecified atom stereocenters. The summed E-state index contributed by atoms with van der Waals surface area (Å²) in [4.78, 5) is 2.45. The number of nitrogens with zero attached hydrogens (tertiary/aromatic N) is 1. The molecule has 29 heavy (non-hydrogen) atoms. The number of allylic oxidation sites excluding steroid dienone is 1. The van der Waals surface area contributed by atoms with Gasteiger partial charge in [-0.05, 0) is 56.0 Å². The van der Waals surface area contributed by atoms with E-state index in [0.717, 1.165) is 25.4 Å². The van der Waals surface area contributed by atoms with Crippen LogP contribution in [0.3, 0.4) is 0 Å². The average Bonchev–Trinajstić information content (AvgIpc) is 2.66. The van der Waals surface area contributed by atoms with E-state index in [0.29, 0.717) is 12.5 Å². The lowest BCUT2D eigenvalue weighted by Crippen LogP contribution is -2.27. The largest absolute Gasteiger partial charge is 0.489 e. The lowest BCUT2D eigenvalue weighted by Gasteiger charge is -2.23. The molecule has 0 bridgehead atoms. The Balaban J connectivity index is 1.96. The van der Waals surface area contributed by atoms with Crippen LogP contribution < -0.4 is 4.74 Å². The fraction of sp³-hybridized carbons (Fsp3) is 0.407. The Morgan fingerprint density at radius 3 is 2.41 bits per heavy atom. The summed E-state index contributed by atoms with van der Waals surface area (Å²) >= 11 is 0. The SMILES string of the molecule is CC(C)CN(C/C=C/C#CC(C)(C)C)Cc1cccc(OCc2ccccc2)c1. The first kappa shape index (κ1) is 22.8. The molecular weight excluding hydrogens is 354 g/mol. The van der Waals surface area contributed by atoms with E-state index in [-0.39, 0.29) is 5.41 Å². The summed E-state index contributed by atoms with van der Waals surface area (Å²) in [5, 5.41) is 0. The van der Waals surface area contributed by atoms with Crippen molar-refractivity contribution in [3.8, 4) is 17.6 Å². The Kier molecular flexibility index (Phi) is 9.03. The molecular formula is C27H35NO. The molecule has 2 aromatic carbocycles. The predicted molar refractivity (Wildman–Crippen MR) is 124 cm³/mol. The Labute approximate surface area is 177 Å². The van der Waals surface area contributed by atoms with Gasteiger partial charge in [0, 0.05) is 25.0 Å². The summed E-state index contributed by atoms with van der Waals surface area (Å²) in [6, 6.07) is 18.7. The highest BCUT2D eigenvalue weighted by Gasteiger charge is 2.08. The number of rotatable bonds is 9. The molecule has 2 rings (SSSR count). The second kappa shape index (κ2) is 11.5. The molecule has 2 aromatic rings. The topological polar surface area (TPSA) is 12.5 Å². The van der Waals surface area contributed by atoms with Gasteiger partial charge in [-0.1, -0.05) is 74.2 Å². The third-order valence-corrected chi connectivity index (χ3v) is 4.19. The normalized spacial score (nSPS) is 11.7. The van der Waals surface area contributed by atoms with Gasteiger partial charge in [0.2, 0.25) is 0 Å². The standard InChI is InChI=1S/C27H35NO/c1-23(2)20-28(18-11-7-10-17-27(3,4)5)21-25-15-12-16-26(19-25)29-22-24-13-8-6-9-14-24/h6-9,11-16,19,23H,18,20-22H2,1-5H3/b11-7+. The Hall–Kier alpha value is -2.50. The lowest BCUT2D eigenvalue weighted by molar-refractivity contribution is 0.259. The molecule has 0 radical (unpaired) electrons. The van der Waals surface area contributed by atoms with Crippen LogP contribution in [0.2, 0.25) is 0 Å². The highest BCUT2D eigenvalue weighted by Crippen LogP contribution is 2.17. The molecule has 2 heteroatoms. The molecule has 0 amide bonds. The van der Waals surface area contributed by atoms with Gasteiger partial charge in [-0.25, -0.2) is 0 Å². The van der Waals surface area contributed by atoms with Crippen molar-refractivity contribution in [3.05, 3.63) is 77.9 Å².